The van der Waals surface area contributed by atoms with Gasteiger partial charge in [0.25, 0.3) is 0 Å². The third-order valence-corrected chi connectivity index (χ3v) is 3.90. The summed E-state index contributed by atoms with van der Waals surface area (Å²) in [6.45, 7) is 3.49. The highest BCUT2D eigenvalue weighted by atomic mass is 35.5. The van der Waals surface area contributed by atoms with Gasteiger partial charge in [-0.2, -0.15) is 13.2 Å². The predicted octanol–water partition coefficient (Wildman–Crippen LogP) is 6.18. The Kier molecular flexibility index (Phi) is 6.37. The monoisotopic (exact) mass is 356 g/mol. The summed E-state index contributed by atoms with van der Waals surface area (Å²) in [5.74, 6) is 0. The summed E-state index contributed by atoms with van der Waals surface area (Å²) < 4.78 is 37.6. The molecule has 2 aromatic rings. The number of halogens is 4. The molecule has 0 heterocycles. The van der Waals surface area contributed by atoms with Gasteiger partial charge in [0.1, 0.15) is 0 Å². The minimum absolute atomic E-state index is 0.486. The number of hydrogen-bond donors (Lipinski definition) is 2. The van der Waals surface area contributed by atoms with Crippen LogP contribution in [0.15, 0.2) is 42.5 Å². The summed E-state index contributed by atoms with van der Waals surface area (Å²) in [6.07, 6.45) is -2.13. The molecule has 2 aromatic carbocycles. The molecule has 2 rings (SSSR count). The Bertz CT molecular complexity index is 654. The van der Waals surface area contributed by atoms with Crippen molar-refractivity contribution in [3.63, 3.8) is 0 Å². The van der Waals surface area contributed by atoms with E-state index in [1.54, 1.807) is 0 Å². The molecule has 0 unspecified atom stereocenters. The van der Waals surface area contributed by atoms with E-state index in [-0.39, 0.29) is 0 Å². The van der Waals surface area contributed by atoms with E-state index in [4.69, 9.17) is 11.6 Å². The number of unbranched alkanes of at least 4 members (excludes halogenated alkanes) is 1. The van der Waals surface area contributed by atoms with E-state index < -0.39 is 11.7 Å². The van der Waals surface area contributed by atoms with Crippen molar-refractivity contribution in [2.75, 3.05) is 17.2 Å². The van der Waals surface area contributed by atoms with Crippen LogP contribution in [-0.4, -0.2) is 6.54 Å². The molecule has 0 aliphatic carbocycles. The summed E-state index contributed by atoms with van der Waals surface area (Å²) in [4.78, 5) is 0. The quantitative estimate of drug-likeness (QED) is 0.578. The fourth-order valence-electron chi connectivity index (χ4n) is 2.19. The highest BCUT2D eigenvalue weighted by Crippen LogP contribution is 2.30. The predicted molar refractivity (Wildman–Crippen MR) is 93.6 cm³/mol. The molecular weight excluding hydrogens is 337 g/mol. The molecule has 0 atom stereocenters. The minimum atomic E-state index is -4.31. The number of alkyl halides is 3. The number of rotatable bonds is 7. The van der Waals surface area contributed by atoms with Gasteiger partial charge in [-0.1, -0.05) is 31.0 Å². The van der Waals surface area contributed by atoms with Crippen molar-refractivity contribution in [1.82, 2.24) is 0 Å². The molecule has 0 amide bonds. The van der Waals surface area contributed by atoms with Gasteiger partial charge in [0, 0.05) is 18.8 Å². The molecule has 0 fully saturated rings. The first-order valence-electron chi connectivity index (χ1n) is 7.83. The van der Waals surface area contributed by atoms with E-state index >= 15 is 0 Å². The van der Waals surface area contributed by atoms with Crippen LogP contribution in [0, 0.1) is 0 Å². The first kappa shape index (κ1) is 18.5. The second-order valence-electron chi connectivity index (χ2n) is 5.52. The molecule has 6 heteroatoms. The van der Waals surface area contributed by atoms with Gasteiger partial charge >= 0.3 is 6.18 Å². The van der Waals surface area contributed by atoms with Gasteiger partial charge in [0.2, 0.25) is 0 Å². The van der Waals surface area contributed by atoms with Crippen molar-refractivity contribution in [1.29, 1.82) is 0 Å². The van der Waals surface area contributed by atoms with E-state index in [9.17, 15) is 13.2 Å². The normalized spacial score (nSPS) is 11.4. The van der Waals surface area contributed by atoms with Crippen molar-refractivity contribution in [3.8, 4) is 0 Å². The van der Waals surface area contributed by atoms with Crippen LogP contribution in [0.2, 0.25) is 5.02 Å². The van der Waals surface area contributed by atoms with Crippen LogP contribution in [0.25, 0.3) is 0 Å². The molecule has 0 spiro atoms. The lowest BCUT2D eigenvalue weighted by Gasteiger charge is -2.12. The zero-order valence-corrected chi connectivity index (χ0v) is 14.1. The molecule has 0 aliphatic heterocycles. The third kappa shape index (κ3) is 5.34. The van der Waals surface area contributed by atoms with Crippen LogP contribution in [-0.2, 0) is 12.7 Å². The zero-order valence-electron chi connectivity index (χ0n) is 13.4. The van der Waals surface area contributed by atoms with Crippen LogP contribution >= 0.6 is 11.6 Å². The molecule has 130 valence electrons. The van der Waals surface area contributed by atoms with Crippen LogP contribution in [0.4, 0.5) is 24.5 Å². The van der Waals surface area contributed by atoms with Crippen LogP contribution in [0.5, 0.6) is 0 Å². The third-order valence-electron chi connectivity index (χ3n) is 3.59. The molecule has 0 bridgehead atoms. The zero-order chi connectivity index (χ0) is 17.6. The maximum atomic E-state index is 12.5. The maximum Gasteiger partial charge on any atom is 0.416 e. The Balaban J connectivity index is 1.93. The Morgan fingerprint density at radius 3 is 2.29 bits per heavy atom. The van der Waals surface area contributed by atoms with Gasteiger partial charge in [-0.3, -0.25) is 0 Å². The summed E-state index contributed by atoms with van der Waals surface area (Å²) >= 11 is 6.25. The Morgan fingerprint density at radius 1 is 1.00 bits per heavy atom. The molecular formula is C18H20ClF3N2. The minimum Gasteiger partial charge on any atom is -0.384 e. The Morgan fingerprint density at radius 2 is 1.71 bits per heavy atom. The van der Waals surface area contributed by atoms with Crippen molar-refractivity contribution in [2.24, 2.45) is 0 Å². The summed E-state index contributed by atoms with van der Waals surface area (Å²) in [5.41, 5.74) is 1.83. The van der Waals surface area contributed by atoms with E-state index in [0.717, 1.165) is 42.8 Å². The highest BCUT2D eigenvalue weighted by molar-refractivity contribution is 6.33. The lowest BCUT2D eigenvalue weighted by molar-refractivity contribution is -0.137. The lowest BCUT2D eigenvalue weighted by Crippen LogP contribution is -2.05. The second kappa shape index (κ2) is 8.29. The summed E-state index contributed by atoms with van der Waals surface area (Å²) in [6, 6.07) is 10.7. The molecule has 0 saturated carbocycles. The van der Waals surface area contributed by atoms with Gasteiger partial charge in [-0.15, -0.1) is 0 Å². The van der Waals surface area contributed by atoms with E-state index in [1.807, 2.05) is 18.2 Å². The smallest absolute Gasteiger partial charge is 0.384 e. The van der Waals surface area contributed by atoms with Gasteiger partial charge in [-0.25, -0.2) is 0 Å². The van der Waals surface area contributed by atoms with Crippen LogP contribution < -0.4 is 10.6 Å². The average molecular weight is 357 g/mol. The number of benzene rings is 2. The van der Waals surface area contributed by atoms with Gasteiger partial charge < -0.3 is 10.6 Å². The van der Waals surface area contributed by atoms with E-state index in [2.05, 4.69) is 17.6 Å². The van der Waals surface area contributed by atoms with Crippen molar-refractivity contribution < 1.29 is 13.2 Å². The SMILES string of the molecule is CCCCNc1ccc(CNc2ccc(C(F)(F)F)cc2)cc1Cl. The molecule has 0 aliphatic rings. The first-order valence-corrected chi connectivity index (χ1v) is 8.21. The standard InChI is InChI=1S/C18H20ClF3N2/c1-2-3-10-23-17-9-4-13(11-16(17)19)12-24-15-7-5-14(6-8-15)18(20,21)22/h4-9,11,23-24H,2-3,10,12H2,1H3. The van der Waals surface area contributed by atoms with E-state index in [0.29, 0.717) is 17.3 Å². The maximum absolute atomic E-state index is 12.5. The van der Waals surface area contributed by atoms with Crippen molar-refractivity contribution in [2.45, 2.75) is 32.5 Å². The second-order valence-corrected chi connectivity index (χ2v) is 5.93. The number of nitrogens with one attached hydrogen (secondary N) is 2. The number of hydrogen-bond acceptors (Lipinski definition) is 2. The first-order chi connectivity index (χ1) is 11.4. The summed E-state index contributed by atoms with van der Waals surface area (Å²) in [7, 11) is 0. The van der Waals surface area contributed by atoms with Gasteiger partial charge in [0.05, 0.1) is 16.3 Å². The average Bonchev–Trinajstić information content (AvgIpc) is 2.54. The molecule has 24 heavy (non-hydrogen) atoms. The molecule has 0 radical (unpaired) electrons. The largest absolute Gasteiger partial charge is 0.416 e. The molecule has 2 nitrogen and oxygen atoms in total. The van der Waals surface area contributed by atoms with Crippen molar-refractivity contribution >= 4 is 23.0 Å². The van der Waals surface area contributed by atoms with Crippen LogP contribution in [0.1, 0.15) is 30.9 Å². The van der Waals surface area contributed by atoms with E-state index in [1.165, 1.54) is 12.1 Å². The molecule has 2 N–H and O–H groups in total. The van der Waals surface area contributed by atoms with Crippen LogP contribution in [0.3, 0.4) is 0 Å². The summed E-state index contributed by atoms with van der Waals surface area (Å²) in [5, 5.41) is 7.01. The Hall–Kier alpha value is -1.88. The topological polar surface area (TPSA) is 24.1 Å². The molecule has 0 saturated heterocycles. The van der Waals surface area contributed by atoms with Gasteiger partial charge in [0.15, 0.2) is 0 Å². The number of anilines is 2. The molecule has 0 aromatic heterocycles. The highest BCUT2D eigenvalue weighted by Gasteiger charge is 2.29. The Labute approximate surface area is 145 Å². The lowest BCUT2D eigenvalue weighted by atomic mass is 10.1. The van der Waals surface area contributed by atoms with Gasteiger partial charge in [-0.05, 0) is 48.4 Å². The van der Waals surface area contributed by atoms with Crippen molar-refractivity contribution in [3.05, 3.63) is 58.6 Å². The fourth-order valence-corrected chi connectivity index (χ4v) is 2.46. The fraction of sp³-hybridized carbons (Fsp3) is 0.333.